The number of hydrogen-bond donors (Lipinski definition) is 2. The van der Waals surface area contributed by atoms with Crippen molar-refractivity contribution in [3.05, 3.63) is 74.9 Å². The number of piperazine rings is 1. The van der Waals surface area contributed by atoms with Gasteiger partial charge in [-0.2, -0.15) is 4.98 Å². The van der Waals surface area contributed by atoms with Gasteiger partial charge in [0.2, 0.25) is 11.9 Å². The van der Waals surface area contributed by atoms with E-state index < -0.39 is 5.82 Å². The molecule has 2 N–H and O–H groups in total. The third kappa shape index (κ3) is 6.46. The van der Waals surface area contributed by atoms with Crippen molar-refractivity contribution in [1.29, 1.82) is 0 Å². The minimum absolute atomic E-state index is 0.0275. The van der Waals surface area contributed by atoms with Gasteiger partial charge in [-0.25, -0.2) is 9.37 Å². The number of pyridine rings is 1. The zero-order chi connectivity index (χ0) is 32.5. The van der Waals surface area contributed by atoms with Crippen molar-refractivity contribution in [3.8, 4) is 11.1 Å². The van der Waals surface area contributed by atoms with Crippen molar-refractivity contribution in [2.24, 2.45) is 0 Å². The molecule has 0 atom stereocenters. The van der Waals surface area contributed by atoms with Crippen molar-refractivity contribution in [3.63, 3.8) is 0 Å². The quantitative estimate of drug-likeness (QED) is 0.241. The molecule has 0 radical (unpaired) electrons. The van der Waals surface area contributed by atoms with Crippen molar-refractivity contribution in [1.82, 2.24) is 24.8 Å². The molecule has 6 rings (SSSR count). The first-order valence-electron chi connectivity index (χ1n) is 16.1. The summed E-state index contributed by atoms with van der Waals surface area (Å²) in [5, 5.41) is 7.45. The van der Waals surface area contributed by atoms with Crippen molar-refractivity contribution < 1.29 is 9.18 Å². The van der Waals surface area contributed by atoms with E-state index in [0.29, 0.717) is 58.0 Å². The minimum Gasteiger partial charge on any atom is -0.369 e. The fraction of sp³-hybridized carbons (Fsp3) is 0.429. The van der Waals surface area contributed by atoms with Gasteiger partial charge in [-0.05, 0) is 94.1 Å². The summed E-state index contributed by atoms with van der Waals surface area (Å²) in [6.07, 6.45) is 5.01. The molecular formula is C35H41ClFN7O2. The van der Waals surface area contributed by atoms with Gasteiger partial charge in [0.25, 0.3) is 5.56 Å². The SMILES string of the molecule is CCC(=O)N[C@H]1CC[C@@H](n2c(=O)c(-c3cc(F)ccc3Cl)c(C)c3cnc(Nc4ccc(N5CCN(C)CC5)c(C)c4)nc32)CC1. The predicted molar refractivity (Wildman–Crippen MR) is 183 cm³/mol. The summed E-state index contributed by atoms with van der Waals surface area (Å²) in [4.78, 5) is 40.8. The van der Waals surface area contributed by atoms with E-state index in [4.69, 9.17) is 16.6 Å². The molecule has 0 spiro atoms. The summed E-state index contributed by atoms with van der Waals surface area (Å²) in [5.41, 5.74) is 4.82. The fourth-order valence-corrected chi connectivity index (χ4v) is 7.02. The average molecular weight is 646 g/mol. The predicted octanol–water partition coefficient (Wildman–Crippen LogP) is 6.37. The highest BCUT2D eigenvalue weighted by Crippen LogP contribution is 2.36. The summed E-state index contributed by atoms with van der Waals surface area (Å²) < 4.78 is 16.2. The lowest BCUT2D eigenvalue weighted by Crippen LogP contribution is -2.44. The van der Waals surface area contributed by atoms with Crippen molar-refractivity contribution in [2.75, 3.05) is 43.4 Å². The first-order chi connectivity index (χ1) is 22.1. The van der Waals surface area contributed by atoms with Crippen LogP contribution in [0.2, 0.25) is 5.02 Å². The van der Waals surface area contributed by atoms with Gasteiger partial charge in [-0.3, -0.25) is 14.2 Å². The Morgan fingerprint density at radius 1 is 1.04 bits per heavy atom. The van der Waals surface area contributed by atoms with E-state index in [1.807, 2.05) is 19.9 Å². The Labute approximate surface area is 273 Å². The zero-order valence-electron chi connectivity index (χ0n) is 26.9. The molecule has 242 valence electrons. The third-order valence-corrected chi connectivity index (χ3v) is 9.78. The lowest BCUT2D eigenvalue weighted by molar-refractivity contribution is -0.121. The zero-order valence-corrected chi connectivity index (χ0v) is 27.6. The molecule has 4 aromatic rings. The molecule has 2 aromatic carbocycles. The second-order valence-electron chi connectivity index (χ2n) is 12.6. The second kappa shape index (κ2) is 13.4. The van der Waals surface area contributed by atoms with Crippen LogP contribution in [0.5, 0.6) is 0 Å². The van der Waals surface area contributed by atoms with E-state index in [0.717, 1.165) is 50.3 Å². The molecule has 1 aliphatic carbocycles. The highest BCUT2D eigenvalue weighted by molar-refractivity contribution is 6.33. The van der Waals surface area contributed by atoms with Crippen LogP contribution in [-0.2, 0) is 4.79 Å². The molecule has 3 heterocycles. The van der Waals surface area contributed by atoms with Gasteiger partial charge < -0.3 is 20.4 Å². The number of fused-ring (bicyclic) bond motifs is 1. The maximum absolute atomic E-state index is 14.4. The van der Waals surface area contributed by atoms with E-state index in [9.17, 15) is 14.0 Å². The molecule has 1 amide bonds. The number of likely N-dealkylation sites (N-methyl/N-ethyl adjacent to an activating group) is 1. The molecule has 2 fully saturated rings. The number of nitrogens with zero attached hydrogens (tertiary/aromatic N) is 5. The number of aromatic nitrogens is 3. The van der Waals surface area contributed by atoms with E-state index in [1.165, 1.54) is 23.9 Å². The second-order valence-corrected chi connectivity index (χ2v) is 13.0. The number of aryl methyl sites for hydroxylation is 2. The molecule has 0 unspecified atom stereocenters. The Morgan fingerprint density at radius 3 is 2.48 bits per heavy atom. The number of anilines is 3. The van der Waals surface area contributed by atoms with Gasteiger partial charge in [0.15, 0.2) is 0 Å². The fourth-order valence-electron chi connectivity index (χ4n) is 6.81. The maximum Gasteiger partial charge on any atom is 0.260 e. The maximum atomic E-state index is 14.4. The van der Waals surface area contributed by atoms with Gasteiger partial charge in [0, 0.05) is 78.2 Å². The number of nitrogens with one attached hydrogen (secondary N) is 2. The Balaban J connectivity index is 1.38. The first-order valence-corrected chi connectivity index (χ1v) is 16.5. The van der Waals surface area contributed by atoms with Crippen LogP contribution < -0.4 is 21.1 Å². The highest BCUT2D eigenvalue weighted by Gasteiger charge is 2.28. The van der Waals surface area contributed by atoms with Crippen molar-refractivity contribution in [2.45, 2.75) is 65.0 Å². The molecule has 2 aliphatic rings. The van der Waals surface area contributed by atoms with Crippen LogP contribution >= 0.6 is 11.6 Å². The molecule has 1 saturated carbocycles. The molecule has 11 heteroatoms. The monoisotopic (exact) mass is 645 g/mol. The number of amides is 1. The minimum atomic E-state index is -0.471. The smallest absolute Gasteiger partial charge is 0.260 e. The first kappa shape index (κ1) is 31.9. The normalized spacial score (nSPS) is 19.0. The van der Waals surface area contributed by atoms with Crippen LogP contribution in [0, 0.1) is 19.7 Å². The molecular weight excluding hydrogens is 605 g/mol. The number of carbonyl (C=O) groups is 1. The summed E-state index contributed by atoms with van der Waals surface area (Å²) in [6.45, 7) is 9.83. The summed E-state index contributed by atoms with van der Waals surface area (Å²) in [5.74, 6) is -0.0614. The Hall–Kier alpha value is -4.02. The van der Waals surface area contributed by atoms with Gasteiger partial charge >= 0.3 is 0 Å². The summed E-state index contributed by atoms with van der Waals surface area (Å²) in [6, 6.07) is 10.2. The average Bonchev–Trinajstić information content (AvgIpc) is 3.04. The van der Waals surface area contributed by atoms with Crippen LogP contribution in [0.3, 0.4) is 0 Å². The van der Waals surface area contributed by atoms with Crippen LogP contribution in [0.1, 0.15) is 56.2 Å². The lowest BCUT2D eigenvalue weighted by Gasteiger charge is -2.35. The standard InChI is InChI=1S/C35H41ClFN7O2/c1-5-31(45)39-24-7-10-26(11-8-24)44-33-28(22(3)32(34(44)46)27-19-23(37)6-12-29(27)36)20-38-35(41-33)40-25-9-13-30(21(2)18-25)43-16-14-42(4)15-17-43/h6,9,12-13,18-20,24,26H,5,7-8,10-11,14-17H2,1-4H3,(H,39,45)(H,38,40,41)/t24-,26+. The summed E-state index contributed by atoms with van der Waals surface area (Å²) in [7, 11) is 2.15. The van der Waals surface area contributed by atoms with Crippen molar-refractivity contribution >= 4 is 45.9 Å². The van der Waals surface area contributed by atoms with Crippen LogP contribution in [0.15, 0.2) is 47.4 Å². The number of hydrogen-bond acceptors (Lipinski definition) is 7. The van der Waals surface area contributed by atoms with Gasteiger partial charge in [0.1, 0.15) is 11.5 Å². The molecule has 1 saturated heterocycles. The molecule has 0 bridgehead atoms. The van der Waals surface area contributed by atoms with Crippen LogP contribution in [0.4, 0.5) is 21.7 Å². The number of carbonyl (C=O) groups excluding carboxylic acids is 1. The molecule has 1 aliphatic heterocycles. The number of halogens is 2. The Morgan fingerprint density at radius 2 is 1.78 bits per heavy atom. The topological polar surface area (TPSA) is 95.4 Å². The van der Waals surface area contributed by atoms with Gasteiger partial charge in [-0.15, -0.1) is 0 Å². The molecule has 2 aromatic heterocycles. The third-order valence-electron chi connectivity index (χ3n) is 9.45. The lowest BCUT2D eigenvalue weighted by atomic mass is 9.90. The van der Waals surface area contributed by atoms with E-state index >= 15 is 0 Å². The number of rotatable bonds is 7. The largest absolute Gasteiger partial charge is 0.369 e. The Bertz CT molecular complexity index is 1830. The Kier molecular flexibility index (Phi) is 9.29. The molecule has 46 heavy (non-hydrogen) atoms. The van der Waals surface area contributed by atoms with E-state index in [2.05, 4.69) is 51.5 Å². The molecule has 9 nitrogen and oxygen atoms in total. The van der Waals surface area contributed by atoms with Gasteiger partial charge in [0.05, 0.1) is 5.56 Å². The van der Waals surface area contributed by atoms with Crippen LogP contribution in [-0.4, -0.2) is 64.6 Å². The number of benzene rings is 2. The summed E-state index contributed by atoms with van der Waals surface area (Å²) >= 11 is 6.54. The highest BCUT2D eigenvalue weighted by atomic mass is 35.5. The van der Waals surface area contributed by atoms with Gasteiger partial charge in [-0.1, -0.05) is 18.5 Å². The van der Waals surface area contributed by atoms with E-state index in [1.54, 1.807) is 10.8 Å². The van der Waals surface area contributed by atoms with E-state index in [-0.39, 0.29) is 23.6 Å². The van der Waals surface area contributed by atoms with Crippen LogP contribution in [0.25, 0.3) is 22.2 Å².